The molecule has 2 aromatic carbocycles. The van der Waals surface area contributed by atoms with E-state index >= 15 is 0 Å². The molecule has 2 atom stereocenters. The van der Waals surface area contributed by atoms with E-state index in [4.69, 9.17) is 5.73 Å². The van der Waals surface area contributed by atoms with Gasteiger partial charge in [-0.2, -0.15) is 0 Å². The summed E-state index contributed by atoms with van der Waals surface area (Å²) < 4.78 is 0. The fourth-order valence-electron chi connectivity index (χ4n) is 2.89. The molecular weight excluding hydrogens is 260 g/mol. The largest absolute Gasteiger partial charge is 0.351 e. The zero-order valence-corrected chi connectivity index (χ0v) is 12.0. The third-order valence-electron chi connectivity index (χ3n) is 4.13. The Hall–Kier alpha value is -2.13. The molecule has 108 valence electrons. The van der Waals surface area contributed by atoms with Crippen molar-refractivity contribution in [2.75, 3.05) is 6.54 Å². The quantitative estimate of drug-likeness (QED) is 0.880. The number of nitrogens with one attached hydrogen (secondary N) is 1. The Morgan fingerprint density at radius 3 is 2.57 bits per heavy atom. The maximum Gasteiger partial charge on any atom is 0.228 e. The number of carbonyl (C=O) groups excluding carboxylic acids is 1. The van der Waals surface area contributed by atoms with Crippen molar-refractivity contribution in [3.05, 3.63) is 71.3 Å². The van der Waals surface area contributed by atoms with Gasteiger partial charge in [0.1, 0.15) is 0 Å². The molecule has 0 aliphatic heterocycles. The van der Waals surface area contributed by atoms with E-state index in [0.29, 0.717) is 6.54 Å². The van der Waals surface area contributed by atoms with E-state index < -0.39 is 0 Å². The summed E-state index contributed by atoms with van der Waals surface area (Å²) in [5, 5.41) is 3.09. The van der Waals surface area contributed by atoms with Crippen molar-refractivity contribution < 1.29 is 4.79 Å². The molecule has 3 N–H and O–H groups in total. The second kappa shape index (κ2) is 6.10. The number of nitrogens with two attached hydrogens (primary N) is 1. The summed E-state index contributed by atoms with van der Waals surface area (Å²) in [6.45, 7) is 0.453. The summed E-state index contributed by atoms with van der Waals surface area (Å²) in [6.07, 6.45) is 1.61. The molecule has 0 radical (unpaired) electrons. The van der Waals surface area contributed by atoms with Crippen LogP contribution in [0.1, 0.15) is 22.6 Å². The van der Waals surface area contributed by atoms with Crippen LogP contribution in [0.4, 0.5) is 0 Å². The number of hydrogen-bond acceptors (Lipinski definition) is 2. The van der Waals surface area contributed by atoms with Gasteiger partial charge in [-0.25, -0.2) is 0 Å². The average molecular weight is 280 g/mol. The number of hydrogen-bond donors (Lipinski definition) is 2. The van der Waals surface area contributed by atoms with Crippen LogP contribution >= 0.6 is 0 Å². The Balaban J connectivity index is 1.61. The first-order valence-corrected chi connectivity index (χ1v) is 7.40. The molecule has 21 heavy (non-hydrogen) atoms. The van der Waals surface area contributed by atoms with Gasteiger partial charge >= 0.3 is 0 Å². The SMILES string of the molecule is NCC(Cc1ccccc1)NC(=O)C1Cc2ccccc21. The maximum absolute atomic E-state index is 12.4. The lowest BCUT2D eigenvalue weighted by atomic mass is 9.77. The van der Waals surface area contributed by atoms with Gasteiger partial charge in [0.2, 0.25) is 5.91 Å². The second-order valence-corrected chi connectivity index (χ2v) is 5.59. The van der Waals surface area contributed by atoms with Gasteiger partial charge in [0.15, 0.2) is 0 Å². The minimum atomic E-state index is -0.00831. The van der Waals surface area contributed by atoms with E-state index in [2.05, 4.69) is 23.5 Å². The van der Waals surface area contributed by atoms with Crippen molar-refractivity contribution in [2.24, 2.45) is 5.73 Å². The van der Waals surface area contributed by atoms with Crippen LogP contribution in [0.25, 0.3) is 0 Å². The van der Waals surface area contributed by atoms with Crippen LogP contribution in [0.15, 0.2) is 54.6 Å². The van der Waals surface area contributed by atoms with Gasteiger partial charge < -0.3 is 11.1 Å². The van der Waals surface area contributed by atoms with Gasteiger partial charge in [-0.3, -0.25) is 4.79 Å². The zero-order valence-electron chi connectivity index (χ0n) is 12.0. The van der Waals surface area contributed by atoms with Gasteiger partial charge in [-0.15, -0.1) is 0 Å². The van der Waals surface area contributed by atoms with Crippen LogP contribution in [0.5, 0.6) is 0 Å². The highest BCUT2D eigenvalue weighted by molar-refractivity contribution is 5.87. The van der Waals surface area contributed by atoms with Gasteiger partial charge in [0.25, 0.3) is 0 Å². The number of carbonyl (C=O) groups is 1. The number of rotatable bonds is 5. The summed E-state index contributed by atoms with van der Waals surface area (Å²) >= 11 is 0. The molecule has 1 amide bonds. The molecule has 0 saturated heterocycles. The van der Waals surface area contributed by atoms with E-state index in [1.807, 2.05) is 36.4 Å². The van der Waals surface area contributed by atoms with E-state index in [1.165, 1.54) is 11.1 Å². The van der Waals surface area contributed by atoms with Crippen LogP contribution in [0.2, 0.25) is 0 Å². The standard InChI is InChI=1S/C18H20N2O/c19-12-15(10-13-6-2-1-3-7-13)20-18(21)17-11-14-8-4-5-9-16(14)17/h1-9,15,17H,10-12,19H2,(H,20,21). The Kier molecular flexibility index (Phi) is 4.02. The van der Waals surface area contributed by atoms with E-state index in [0.717, 1.165) is 18.4 Å². The fourth-order valence-corrected chi connectivity index (χ4v) is 2.89. The summed E-state index contributed by atoms with van der Waals surface area (Å²) in [5.74, 6) is 0.0890. The number of fused-ring (bicyclic) bond motifs is 1. The molecule has 0 saturated carbocycles. The zero-order chi connectivity index (χ0) is 14.7. The van der Waals surface area contributed by atoms with Crippen LogP contribution < -0.4 is 11.1 Å². The lowest BCUT2D eigenvalue weighted by Gasteiger charge is -2.30. The van der Waals surface area contributed by atoms with Gasteiger partial charge in [-0.1, -0.05) is 54.6 Å². The third-order valence-corrected chi connectivity index (χ3v) is 4.13. The lowest BCUT2D eigenvalue weighted by Crippen LogP contribution is -2.45. The van der Waals surface area contributed by atoms with Crippen LogP contribution in [0, 0.1) is 0 Å². The molecule has 0 fully saturated rings. The highest BCUT2D eigenvalue weighted by atomic mass is 16.2. The van der Waals surface area contributed by atoms with E-state index in [1.54, 1.807) is 0 Å². The highest BCUT2D eigenvalue weighted by Gasteiger charge is 2.32. The first-order chi connectivity index (χ1) is 10.3. The van der Waals surface area contributed by atoms with Crippen molar-refractivity contribution in [1.82, 2.24) is 5.32 Å². The predicted molar refractivity (Wildman–Crippen MR) is 84.0 cm³/mol. The Morgan fingerprint density at radius 2 is 1.86 bits per heavy atom. The molecule has 1 aliphatic rings. The molecular formula is C18H20N2O. The summed E-state index contributed by atoms with van der Waals surface area (Å²) in [4.78, 5) is 12.4. The molecule has 1 aliphatic carbocycles. The molecule has 2 unspecified atom stereocenters. The molecule has 3 nitrogen and oxygen atoms in total. The number of amides is 1. The van der Waals surface area contributed by atoms with E-state index in [-0.39, 0.29) is 17.9 Å². The van der Waals surface area contributed by atoms with Crippen molar-refractivity contribution >= 4 is 5.91 Å². The Bertz CT molecular complexity index is 624. The normalized spacial score (nSPS) is 17.5. The summed E-state index contributed by atoms with van der Waals surface area (Å²) in [7, 11) is 0. The first-order valence-electron chi connectivity index (χ1n) is 7.40. The summed E-state index contributed by atoms with van der Waals surface area (Å²) in [6, 6.07) is 18.3. The second-order valence-electron chi connectivity index (χ2n) is 5.59. The third kappa shape index (κ3) is 2.98. The molecule has 0 bridgehead atoms. The maximum atomic E-state index is 12.4. The number of benzene rings is 2. The minimum Gasteiger partial charge on any atom is -0.351 e. The molecule has 3 rings (SSSR count). The Morgan fingerprint density at radius 1 is 1.14 bits per heavy atom. The monoisotopic (exact) mass is 280 g/mol. The fraction of sp³-hybridized carbons (Fsp3) is 0.278. The lowest BCUT2D eigenvalue weighted by molar-refractivity contribution is -0.123. The van der Waals surface area contributed by atoms with Gasteiger partial charge in [0.05, 0.1) is 5.92 Å². The van der Waals surface area contributed by atoms with Gasteiger partial charge in [0, 0.05) is 12.6 Å². The topological polar surface area (TPSA) is 55.1 Å². The van der Waals surface area contributed by atoms with Crippen molar-refractivity contribution in [3.8, 4) is 0 Å². The van der Waals surface area contributed by atoms with E-state index in [9.17, 15) is 4.79 Å². The van der Waals surface area contributed by atoms with Crippen molar-refractivity contribution in [1.29, 1.82) is 0 Å². The van der Waals surface area contributed by atoms with Crippen LogP contribution in [-0.4, -0.2) is 18.5 Å². The van der Waals surface area contributed by atoms with Crippen LogP contribution in [0.3, 0.4) is 0 Å². The molecule has 2 aromatic rings. The first kappa shape index (κ1) is 13.8. The minimum absolute atomic E-state index is 0.00679. The summed E-state index contributed by atoms with van der Waals surface area (Å²) in [5.41, 5.74) is 9.45. The van der Waals surface area contributed by atoms with Crippen molar-refractivity contribution in [3.63, 3.8) is 0 Å². The van der Waals surface area contributed by atoms with Crippen LogP contribution in [-0.2, 0) is 17.6 Å². The van der Waals surface area contributed by atoms with Gasteiger partial charge in [-0.05, 0) is 29.5 Å². The predicted octanol–water partition coefficient (Wildman–Crippen LogP) is 2.01. The molecule has 0 heterocycles. The average Bonchev–Trinajstić information content (AvgIpc) is 2.49. The van der Waals surface area contributed by atoms with Crippen molar-refractivity contribution in [2.45, 2.75) is 24.8 Å². The Labute approximate surface area is 125 Å². The molecule has 0 spiro atoms. The molecule has 0 aromatic heterocycles. The smallest absolute Gasteiger partial charge is 0.228 e. The highest BCUT2D eigenvalue weighted by Crippen LogP contribution is 2.34. The molecule has 3 heteroatoms.